The van der Waals surface area contributed by atoms with E-state index in [4.69, 9.17) is 0 Å². The molecule has 0 fully saturated rings. The summed E-state index contributed by atoms with van der Waals surface area (Å²) in [5.74, 6) is -1.07. The van der Waals surface area contributed by atoms with E-state index in [1.54, 1.807) is 35.0 Å². The number of benzene rings is 2. The Morgan fingerprint density at radius 3 is 2.40 bits per heavy atom. The Bertz CT molecular complexity index is 882. The Hall–Kier alpha value is -2.76. The topological polar surface area (TPSA) is 42.2 Å². The Morgan fingerprint density at radius 2 is 1.76 bits per heavy atom. The van der Waals surface area contributed by atoms with E-state index in [1.165, 1.54) is 12.1 Å². The van der Waals surface area contributed by atoms with Crippen LogP contribution in [-0.4, -0.2) is 15.6 Å². The summed E-state index contributed by atoms with van der Waals surface area (Å²) in [6.45, 7) is 4.16. The molecule has 3 rings (SSSR count). The molecule has 132 valence electrons. The van der Waals surface area contributed by atoms with E-state index in [9.17, 15) is 23.1 Å². The van der Waals surface area contributed by atoms with E-state index in [0.29, 0.717) is 11.1 Å². The summed E-state index contributed by atoms with van der Waals surface area (Å²) in [6, 6.07) is 11.7. The highest BCUT2D eigenvalue weighted by atomic mass is 19.4. The zero-order valence-electron chi connectivity index (χ0n) is 13.8. The van der Waals surface area contributed by atoms with Crippen LogP contribution in [0.15, 0.2) is 54.7 Å². The molecule has 0 saturated heterocycles. The number of aromatic nitrogens is 1. The predicted octanol–water partition coefficient (Wildman–Crippen LogP) is 5.43. The largest absolute Gasteiger partial charge is 0.478 e. The van der Waals surface area contributed by atoms with Crippen LogP contribution < -0.4 is 0 Å². The highest BCUT2D eigenvalue weighted by Crippen LogP contribution is 2.30. The van der Waals surface area contributed by atoms with E-state index in [0.717, 1.165) is 17.5 Å². The molecule has 25 heavy (non-hydrogen) atoms. The van der Waals surface area contributed by atoms with Gasteiger partial charge >= 0.3 is 12.1 Å². The minimum absolute atomic E-state index is 0.125. The number of aromatic carboxylic acids is 1. The van der Waals surface area contributed by atoms with Crippen LogP contribution in [0.4, 0.5) is 13.2 Å². The SMILES string of the molecule is CC.O=C(O)c1cccc2ccn(Cc3cccc(C(F)(F)F)c3)c12. The molecular formula is C19H18F3NO2. The first-order valence-corrected chi connectivity index (χ1v) is 7.83. The van der Waals surface area contributed by atoms with Gasteiger partial charge in [-0.1, -0.05) is 38.1 Å². The maximum atomic E-state index is 12.8. The second-order valence-electron chi connectivity index (χ2n) is 5.19. The molecule has 3 aromatic rings. The summed E-state index contributed by atoms with van der Waals surface area (Å²) in [5, 5.41) is 10.0. The van der Waals surface area contributed by atoms with Crippen molar-refractivity contribution in [1.82, 2.24) is 4.57 Å². The van der Waals surface area contributed by atoms with Gasteiger partial charge in [0.15, 0.2) is 0 Å². The zero-order valence-corrected chi connectivity index (χ0v) is 13.8. The van der Waals surface area contributed by atoms with Crippen LogP contribution in [0, 0.1) is 0 Å². The van der Waals surface area contributed by atoms with Crippen molar-refractivity contribution in [2.24, 2.45) is 0 Å². The zero-order chi connectivity index (χ0) is 18.6. The lowest BCUT2D eigenvalue weighted by Crippen LogP contribution is -2.07. The van der Waals surface area contributed by atoms with E-state index < -0.39 is 17.7 Å². The summed E-state index contributed by atoms with van der Waals surface area (Å²) in [7, 11) is 0. The molecule has 1 aromatic heterocycles. The van der Waals surface area contributed by atoms with Crippen molar-refractivity contribution in [1.29, 1.82) is 0 Å². The molecule has 0 atom stereocenters. The first-order valence-electron chi connectivity index (χ1n) is 7.83. The number of hydrogen-bond donors (Lipinski definition) is 1. The van der Waals surface area contributed by atoms with Gasteiger partial charge < -0.3 is 9.67 Å². The van der Waals surface area contributed by atoms with Gasteiger partial charge in [0, 0.05) is 18.1 Å². The number of nitrogens with zero attached hydrogens (tertiary/aromatic N) is 1. The van der Waals surface area contributed by atoms with Gasteiger partial charge in [-0.2, -0.15) is 13.2 Å². The lowest BCUT2D eigenvalue weighted by atomic mass is 10.1. The number of hydrogen-bond acceptors (Lipinski definition) is 1. The van der Waals surface area contributed by atoms with Crippen molar-refractivity contribution in [2.75, 3.05) is 0 Å². The first kappa shape index (κ1) is 18.6. The molecule has 3 nitrogen and oxygen atoms in total. The van der Waals surface area contributed by atoms with E-state index in [-0.39, 0.29) is 12.1 Å². The van der Waals surface area contributed by atoms with Gasteiger partial charge in [-0.15, -0.1) is 0 Å². The van der Waals surface area contributed by atoms with Gasteiger partial charge in [0.05, 0.1) is 16.6 Å². The summed E-state index contributed by atoms with van der Waals surface area (Å²) < 4.78 is 40.0. The summed E-state index contributed by atoms with van der Waals surface area (Å²) in [5.41, 5.74) is 0.360. The van der Waals surface area contributed by atoms with Crippen molar-refractivity contribution < 1.29 is 23.1 Å². The summed E-state index contributed by atoms with van der Waals surface area (Å²) >= 11 is 0. The standard InChI is InChI=1S/C17H12F3NO2.C2H6/c18-17(19,20)13-5-1-3-11(9-13)10-21-8-7-12-4-2-6-14(15(12)21)16(22)23;1-2/h1-9H,10H2,(H,22,23);1-2H3. The number of carboxylic acids is 1. The normalized spacial score (nSPS) is 11.1. The van der Waals surface area contributed by atoms with Gasteiger partial charge in [0.1, 0.15) is 0 Å². The molecule has 1 N–H and O–H groups in total. The number of halogens is 3. The molecule has 0 spiro atoms. The third-order valence-corrected chi connectivity index (χ3v) is 3.63. The molecule has 1 heterocycles. The molecule has 0 bridgehead atoms. The molecule has 0 aliphatic rings. The molecule has 0 amide bonds. The second kappa shape index (κ2) is 7.42. The molecule has 0 aliphatic heterocycles. The number of para-hydroxylation sites is 1. The van der Waals surface area contributed by atoms with Gasteiger partial charge in [-0.05, 0) is 29.8 Å². The van der Waals surface area contributed by atoms with Gasteiger partial charge in [0.25, 0.3) is 0 Å². The molecule has 2 aromatic carbocycles. The Kier molecular flexibility index (Phi) is 5.51. The number of rotatable bonds is 3. The number of alkyl halides is 3. The van der Waals surface area contributed by atoms with E-state index in [2.05, 4.69) is 0 Å². The highest BCUT2D eigenvalue weighted by Gasteiger charge is 2.30. The van der Waals surface area contributed by atoms with Crippen LogP contribution in [0.5, 0.6) is 0 Å². The fourth-order valence-electron chi connectivity index (χ4n) is 2.61. The lowest BCUT2D eigenvalue weighted by molar-refractivity contribution is -0.137. The minimum Gasteiger partial charge on any atom is -0.478 e. The number of fused-ring (bicyclic) bond motifs is 1. The fraction of sp³-hybridized carbons (Fsp3) is 0.211. The first-order chi connectivity index (χ1) is 11.9. The third-order valence-electron chi connectivity index (χ3n) is 3.63. The predicted molar refractivity (Wildman–Crippen MR) is 90.8 cm³/mol. The molecule has 0 aliphatic carbocycles. The second-order valence-corrected chi connectivity index (χ2v) is 5.19. The van der Waals surface area contributed by atoms with Crippen LogP contribution in [-0.2, 0) is 12.7 Å². The molecule has 0 radical (unpaired) electrons. The lowest BCUT2D eigenvalue weighted by Gasteiger charge is -2.11. The van der Waals surface area contributed by atoms with Gasteiger partial charge in [-0.3, -0.25) is 0 Å². The average molecular weight is 349 g/mol. The average Bonchev–Trinajstić information content (AvgIpc) is 2.99. The molecule has 0 saturated carbocycles. The van der Waals surface area contributed by atoms with Crippen molar-refractivity contribution in [3.05, 3.63) is 71.4 Å². The van der Waals surface area contributed by atoms with Gasteiger partial charge in [-0.25, -0.2) is 4.79 Å². The van der Waals surface area contributed by atoms with Crippen LogP contribution in [0.1, 0.15) is 35.3 Å². The molecule has 0 unspecified atom stereocenters. The van der Waals surface area contributed by atoms with Crippen LogP contribution in [0.3, 0.4) is 0 Å². The van der Waals surface area contributed by atoms with E-state index >= 15 is 0 Å². The van der Waals surface area contributed by atoms with Crippen molar-refractivity contribution in [3.8, 4) is 0 Å². The van der Waals surface area contributed by atoms with Gasteiger partial charge in [0.2, 0.25) is 0 Å². The summed E-state index contributed by atoms with van der Waals surface area (Å²) in [4.78, 5) is 11.3. The monoisotopic (exact) mass is 349 g/mol. The van der Waals surface area contributed by atoms with Crippen molar-refractivity contribution in [2.45, 2.75) is 26.6 Å². The Morgan fingerprint density at radius 1 is 1.08 bits per heavy atom. The molecule has 6 heteroatoms. The number of carbonyl (C=O) groups is 1. The minimum atomic E-state index is -4.40. The quantitative estimate of drug-likeness (QED) is 0.685. The van der Waals surface area contributed by atoms with Crippen molar-refractivity contribution >= 4 is 16.9 Å². The maximum absolute atomic E-state index is 12.8. The van der Waals surface area contributed by atoms with E-state index in [1.807, 2.05) is 13.8 Å². The van der Waals surface area contributed by atoms with Crippen molar-refractivity contribution in [3.63, 3.8) is 0 Å². The maximum Gasteiger partial charge on any atom is 0.416 e. The van der Waals surface area contributed by atoms with Crippen LogP contribution in [0.25, 0.3) is 10.9 Å². The van der Waals surface area contributed by atoms with Crippen LogP contribution >= 0.6 is 0 Å². The summed E-state index contributed by atoms with van der Waals surface area (Å²) in [6.07, 6.45) is -2.72. The Labute approximate surface area is 143 Å². The third kappa shape index (κ3) is 4.02. The number of carboxylic acid groups (broad SMARTS) is 1. The fourth-order valence-corrected chi connectivity index (χ4v) is 2.61. The highest BCUT2D eigenvalue weighted by molar-refractivity contribution is 6.02. The molecular weight excluding hydrogens is 331 g/mol. The smallest absolute Gasteiger partial charge is 0.416 e. The van der Waals surface area contributed by atoms with Crippen LogP contribution in [0.2, 0.25) is 0 Å². The Balaban J connectivity index is 0.00000109.